The predicted octanol–water partition coefficient (Wildman–Crippen LogP) is 4.58. The van der Waals surface area contributed by atoms with Gasteiger partial charge in [0.2, 0.25) is 5.95 Å². The average molecular weight is 370 g/mol. The molecule has 3 aromatic rings. The van der Waals surface area contributed by atoms with Crippen LogP contribution in [0.4, 0.5) is 29.2 Å². The summed E-state index contributed by atoms with van der Waals surface area (Å²) in [5, 5.41) is 5.30. The number of alkyl halides is 4. The zero-order chi connectivity index (χ0) is 17.9. The normalized spacial score (nSPS) is 11.6. The van der Waals surface area contributed by atoms with Crippen LogP contribution in [0.3, 0.4) is 0 Å². The van der Waals surface area contributed by atoms with Crippen LogP contribution in [0.5, 0.6) is 5.75 Å². The molecule has 0 atom stereocenters. The smallest absolute Gasteiger partial charge is 0.428 e. The van der Waals surface area contributed by atoms with Crippen LogP contribution in [0, 0.1) is 0 Å². The highest BCUT2D eigenvalue weighted by Gasteiger charge is 2.43. The molecule has 0 saturated heterocycles. The molecule has 130 valence electrons. The number of nitrogens with zero attached hydrogens (tertiary/aromatic N) is 3. The van der Waals surface area contributed by atoms with Gasteiger partial charge in [0, 0.05) is 29.5 Å². The maximum Gasteiger partial charge on any atom is 0.461 e. The summed E-state index contributed by atoms with van der Waals surface area (Å²) < 4.78 is 54.4. The Hall–Kier alpha value is -2.75. The number of hydrogen-bond donors (Lipinski definition) is 1. The van der Waals surface area contributed by atoms with E-state index in [4.69, 9.17) is 0 Å². The van der Waals surface area contributed by atoms with Crippen molar-refractivity contribution >= 4 is 23.0 Å². The molecule has 10 heteroatoms. The highest BCUT2D eigenvalue weighted by molar-refractivity contribution is 7.13. The Morgan fingerprint density at radius 2 is 1.96 bits per heavy atom. The van der Waals surface area contributed by atoms with Crippen molar-refractivity contribution in [3.63, 3.8) is 0 Å². The summed E-state index contributed by atoms with van der Waals surface area (Å²) in [6.07, 6.45) is -5.35. The number of thiazole rings is 1. The molecule has 0 amide bonds. The molecule has 1 aromatic carbocycles. The van der Waals surface area contributed by atoms with E-state index in [2.05, 4.69) is 25.0 Å². The van der Waals surface area contributed by atoms with Gasteiger partial charge in [-0.1, -0.05) is 6.07 Å². The van der Waals surface area contributed by atoms with Gasteiger partial charge in [-0.3, -0.25) is 0 Å². The highest BCUT2D eigenvalue weighted by atomic mass is 32.1. The van der Waals surface area contributed by atoms with Gasteiger partial charge in [-0.2, -0.15) is 17.6 Å². The van der Waals surface area contributed by atoms with Crippen LogP contribution in [0.2, 0.25) is 0 Å². The molecule has 25 heavy (non-hydrogen) atoms. The van der Waals surface area contributed by atoms with Crippen molar-refractivity contribution in [2.45, 2.75) is 12.5 Å². The maximum absolute atomic E-state index is 13.0. The van der Waals surface area contributed by atoms with Gasteiger partial charge >= 0.3 is 12.5 Å². The quantitative estimate of drug-likeness (QED) is 0.644. The summed E-state index contributed by atoms with van der Waals surface area (Å²) in [5.74, 6) is -0.211. The topological polar surface area (TPSA) is 59.9 Å². The van der Waals surface area contributed by atoms with Crippen molar-refractivity contribution in [2.75, 3.05) is 5.32 Å². The standard InChI is InChI=1S/C15H10F4N4OS/c16-13(17)15(18,19)24-10-3-1-2-9(8-10)22-14-21-5-4-11(23-14)12-20-6-7-25-12/h1-8,13H,(H,21,22,23). The van der Waals surface area contributed by atoms with E-state index >= 15 is 0 Å². The van der Waals surface area contributed by atoms with E-state index in [0.717, 1.165) is 12.1 Å². The number of halogens is 4. The zero-order valence-electron chi connectivity index (χ0n) is 12.4. The lowest BCUT2D eigenvalue weighted by atomic mass is 10.3. The summed E-state index contributed by atoms with van der Waals surface area (Å²) in [6, 6.07) is 6.88. The van der Waals surface area contributed by atoms with Crippen LogP contribution in [-0.2, 0) is 0 Å². The third kappa shape index (κ3) is 4.21. The Labute approximate surface area is 143 Å². The van der Waals surface area contributed by atoms with E-state index in [1.54, 1.807) is 17.6 Å². The Bertz CT molecular complexity index is 845. The molecule has 0 saturated carbocycles. The average Bonchev–Trinajstić information content (AvgIpc) is 3.09. The molecule has 0 aliphatic heterocycles. The van der Waals surface area contributed by atoms with Crippen molar-refractivity contribution in [2.24, 2.45) is 0 Å². The predicted molar refractivity (Wildman–Crippen MR) is 84.4 cm³/mol. The third-order valence-electron chi connectivity index (χ3n) is 2.91. The Kier molecular flexibility index (Phi) is 4.79. The van der Waals surface area contributed by atoms with Crippen LogP contribution in [0.15, 0.2) is 48.1 Å². The van der Waals surface area contributed by atoms with Gasteiger partial charge in [-0.25, -0.2) is 15.0 Å². The van der Waals surface area contributed by atoms with Crippen molar-refractivity contribution in [3.05, 3.63) is 48.1 Å². The minimum atomic E-state index is -4.57. The summed E-state index contributed by atoms with van der Waals surface area (Å²) in [7, 11) is 0. The van der Waals surface area contributed by atoms with Gasteiger partial charge in [0.05, 0.1) is 0 Å². The summed E-state index contributed by atoms with van der Waals surface area (Å²) in [5.41, 5.74) is 0.892. The van der Waals surface area contributed by atoms with E-state index in [0.29, 0.717) is 16.4 Å². The second-order valence-corrected chi connectivity index (χ2v) is 5.61. The molecule has 0 unspecified atom stereocenters. The number of aromatic nitrogens is 3. The lowest BCUT2D eigenvalue weighted by Crippen LogP contribution is -2.33. The SMILES string of the molecule is FC(F)C(F)(F)Oc1cccc(Nc2nccc(-c3nccs3)n2)c1. The number of ether oxygens (including phenoxy) is 1. The second-order valence-electron chi connectivity index (χ2n) is 4.72. The molecular weight excluding hydrogens is 360 g/mol. The Morgan fingerprint density at radius 3 is 2.68 bits per heavy atom. The molecule has 0 bridgehead atoms. The maximum atomic E-state index is 13.0. The molecule has 0 aliphatic rings. The van der Waals surface area contributed by atoms with E-state index < -0.39 is 18.3 Å². The van der Waals surface area contributed by atoms with E-state index in [1.807, 2.05) is 0 Å². The first-order chi connectivity index (χ1) is 11.9. The largest absolute Gasteiger partial charge is 0.461 e. The number of anilines is 2. The molecule has 1 N–H and O–H groups in total. The molecule has 3 rings (SSSR count). The van der Waals surface area contributed by atoms with Gasteiger partial charge in [-0.15, -0.1) is 11.3 Å². The summed E-state index contributed by atoms with van der Waals surface area (Å²) in [4.78, 5) is 12.4. The lowest BCUT2D eigenvalue weighted by molar-refractivity contribution is -0.253. The van der Waals surface area contributed by atoms with Crippen molar-refractivity contribution in [1.29, 1.82) is 0 Å². The van der Waals surface area contributed by atoms with Crippen molar-refractivity contribution < 1.29 is 22.3 Å². The summed E-state index contributed by atoms with van der Waals surface area (Å²) in [6.45, 7) is 0. The molecule has 5 nitrogen and oxygen atoms in total. The van der Waals surface area contributed by atoms with Gasteiger partial charge in [-0.05, 0) is 18.2 Å². The first-order valence-corrected chi connectivity index (χ1v) is 7.77. The van der Waals surface area contributed by atoms with Crippen LogP contribution < -0.4 is 10.1 Å². The number of hydrogen-bond acceptors (Lipinski definition) is 6. The van der Waals surface area contributed by atoms with Crippen LogP contribution in [0.1, 0.15) is 0 Å². The molecular formula is C15H10F4N4OS. The van der Waals surface area contributed by atoms with E-state index in [9.17, 15) is 17.6 Å². The van der Waals surface area contributed by atoms with Gasteiger partial charge in [0.25, 0.3) is 0 Å². The first kappa shape index (κ1) is 17.1. The molecule has 0 spiro atoms. The first-order valence-electron chi connectivity index (χ1n) is 6.89. The van der Waals surface area contributed by atoms with Crippen LogP contribution in [0.25, 0.3) is 10.7 Å². The second kappa shape index (κ2) is 7.01. The Balaban J connectivity index is 1.78. The van der Waals surface area contributed by atoms with E-state index in [-0.39, 0.29) is 5.95 Å². The van der Waals surface area contributed by atoms with Gasteiger partial charge in [0.1, 0.15) is 16.5 Å². The van der Waals surface area contributed by atoms with Crippen molar-refractivity contribution in [3.8, 4) is 16.5 Å². The fourth-order valence-corrected chi connectivity index (χ4v) is 2.46. The highest BCUT2D eigenvalue weighted by Crippen LogP contribution is 2.29. The minimum Gasteiger partial charge on any atom is -0.428 e. The lowest BCUT2D eigenvalue weighted by Gasteiger charge is -2.17. The number of benzene rings is 1. The molecule has 0 fully saturated rings. The third-order valence-corrected chi connectivity index (χ3v) is 3.70. The Morgan fingerprint density at radius 1 is 1.12 bits per heavy atom. The van der Waals surface area contributed by atoms with E-state index in [1.165, 1.54) is 29.7 Å². The number of nitrogens with one attached hydrogen (secondary N) is 1. The molecule has 0 aliphatic carbocycles. The number of rotatable bonds is 6. The van der Waals surface area contributed by atoms with Gasteiger partial charge in [0.15, 0.2) is 0 Å². The molecule has 2 aromatic heterocycles. The monoisotopic (exact) mass is 370 g/mol. The van der Waals surface area contributed by atoms with Crippen LogP contribution >= 0.6 is 11.3 Å². The van der Waals surface area contributed by atoms with Crippen LogP contribution in [-0.4, -0.2) is 27.5 Å². The minimum absolute atomic E-state index is 0.200. The fraction of sp³-hybridized carbons (Fsp3) is 0.133. The molecule has 2 heterocycles. The zero-order valence-corrected chi connectivity index (χ0v) is 13.2. The summed E-state index contributed by atoms with van der Waals surface area (Å²) >= 11 is 1.40. The molecule has 0 radical (unpaired) electrons. The van der Waals surface area contributed by atoms with Crippen molar-refractivity contribution in [1.82, 2.24) is 15.0 Å². The fourth-order valence-electron chi connectivity index (χ4n) is 1.86. The van der Waals surface area contributed by atoms with Gasteiger partial charge < -0.3 is 10.1 Å².